The van der Waals surface area contributed by atoms with Gasteiger partial charge >= 0.3 is 0 Å². The van der Waals surface area contributed by atoms with E-state index in [1.165, 1.54) is 6.26 Å². The standard InChI is InChI=1S/C12H25N3O3S/c1-4-15(5-2)12(16)10-14-8-6-11(7-9-14)13-19(3,17)18/h11,13H,4-10H2,1-3H3. The second-order valence-corrected chi connectivity index (χ2v) is 6.79. The molecular weight excluding hydrogens is 266 g/mol. The van der Waals surface area contributed by atoms with Gasteiger partial charge in [0.05, 0.1) is 12.8 Å². The van der Waals surface area contributed by atoms with Crippen molar-refractivity contribution in [3.05, 3.63) is 0 Å². The molecular formula is C12H25N3O3S. The Bertz CT molecular complexity index is 385. The van der Waals surface area contributed by atoms with Crippen LogP contribution >= 0.6 is 0 Å². The number of nitrogens with zero attached hydrogens (tertiary/aromatic N) is 2. The normalized spacial score (nSPS) is 18.5. The number of carbonyl (C=O) groups excluding carboxylic acids is 1. The summed E-state index contributed by atoms with van der Waals surface area (Å²) in [5.74, 6) is 0.152. The van der Waals surface area contributed by atoms with Crippen LogP contribution in [-0.2, 0) is 14.8 Å². The minimum atomic E-state index is -3.13. The fourth-order valence-electron chi connectivity index (χ4n) is 2.38. The number of rotatable bonds is 6. The molecule has 0 unspecified atom stereocenters. The van der Waals surface area contributed by atoms with Crippen molar-refractivity contribution in [2.75, 3.05) is 39.0 Å². The van der Waals surface area contributed by atoms with Gasteiger partial charge in [0.15, 0.2) is 0 Å². The number of likely N-dealkylation sites (tertiary alicyclic amines) is 1. The smallest absolute Gasteiger partial charge is 0.236 e. The Balaban J connectivity index is 2.36. The van der Waals surface area contributed by atoms with E-state index in [4.69, 9.17) is 0 Å². The number of piperidine rings is 1. The van der Waals surface area contributed by atoms with Crippen LogP contribution in [-0.4, -0.2) is 69.1 Å². The first-order valence-electron chi connectivity index (χ1n) is 6.83. The predicted octanol–water partition coefficient (Wildman–Crippen LogP) is -0.132. The van der Waals surface area contributed by atoms with Gasteiger partial charge < -0.3 is 4.90 Å². The van der Waals surface area contributed by atoms with Crippen molar-refractivity contribution in [2.24, 2.45) is 0 Å². The summed E-state index contributed by atoms with van der Waals surface area (Å²) in [5.41, 5.74) is 0. The van der Waals surface area contributed by atoms with Gasteiger partial charge in [-0.25, -0.2) is 13.1 Å². The molecule has 1 rings (SSSR count). The Labute approximate surface area is 116 Å². The molecule has 0 saturated carbocycles. The summed E-state index contributed by atoms with van der Waals surface area (Å²) >= 11 is 0. The third-order valence-electron chi connectivity index (χ3n) is 3.44. The van der Waals surface area contributed by atoms with E-state index in [-0.39, 0.29) is 11.9 Å². The van der Waals surface area contributed by atoms with E-state index in [1.54, 1.807) is 0 Å². The van der Waals surface area contributed by atoms with Gasteiger partial charge in [-0.05, 0) is 26.7 Å². The predicted molar refractivity (Wildman–Crippen MR) is 75.4 cm³/mol. The molecule has 0 aromatic carbocycles. The van der Waals surface area contributed by atoms with Crippen LogP contribution in [0.1, 0.15) is 26.7 Å². The first kappa shape index (κ1) is 16.4. The molecule has 1 amide bonds. The van der Waals surface area contributed by atoms with E-state index in [1.807, 2.05) is 18.7 Å². The number of likely N-dealkylation sites (N-methyl/N-ethyl adjacent to an activating group) is 1. The minimum Gasteiger partial charge on any atom is -0.342 e. The van der Waals surface area contributed by atoms with Crippen LogP contribution in [0.25, 0.3) is 0 Å². The maximum Gasteiger partial charge on any atom is 0.236 e. The average molecular weight is 291 g/mol. The second kappa shape index (κ2) is 7.21. The third-order valence-corrected chi connectivity index (χ3v) is 4.20. The van der Waals surface area contributed by atoms with Crippen molar-refractivity contribution < 1.29 is 13.2 Å². The van der Waals surface area contributed by atoms with E-state index in [0.29, 0.717) is 6.54 Å². The Morgan fingerprint density at radius 2 is 1.79 bits per heavy atom. The van der Waals surface area contributed by atoms with E-state index in [0.717, 1.165) is 39.0 Å². The van der Waals surface area contributed by atoms with Gasteiger partial charge in [0.25, 0.3) is 0 Å². The van der Waals surface area contributed by atoms with Gasteiger partial charge in [0, 0.05) is 32.2 Å². The lowest BCUT2D eigenvalue weighted by atomic mass is 10.1. The quantitative estimate of drug-likeness (QED) is 0.740. The second-order valence-electron chi connectivity index (χ2n) is 5.01. The summed E-state index contributed by atoms with van der Waals surface area (Å²) in [6.07, 6.45) is 2.71. The number of amides is 1. The molecule has 1 saturated heterocycles. The Hall–Kier alpha value is -0.660. The topological polar surface area (TPSA) is 69.7 Å². The van der Waals surface area contributed by atoms with Crippen molar-refractivity contribution >= 4 is 15.9 Å². The molecule has 112 valence electrons. The molecule has 1 heterocycles. The minimum absolute atomic E-state index is 0.00908. The Morgan fingerprint density at radius 3 is 2.21 bits per heavy atom. The summed E-state index contributed by atoms with van der Waals surface area (Å²) in [7, 11) is -3.13. The summed E-state index contributed by atoms with van der Waals surface area (Å²) in [6, 6.07) is 0.00908. The van der Waals surface area contributed by atoms with Crippen molar-refractivity contribution in [1.29, 1.82) is 0 Å². The lowest BCUT2D eigenvalue weighted by Crippen LogP contribution is -2.47. The molecule has 7 heteroatoms. The number of hydrogen-bond donors (Lipinski definition) is 1. The van der Waals surface area contributed by atoms with Gasteiger partial charge in [0.2, 0.25) is 15.9 Å². The molecule has 6 nitrogen and oxygen atoms in total. The van der Waals surface area contributed by atoms with Crippen molar-refractivity contribution in [3.8, 4) is 0 Å². The van der Waals surface area contributed by atoms with Gasteiger partial charge in [-0.3, -0.25) is 9.69 Å². The average Bonchev–Trinajstić information content (AvgIpc) is 2.31. The highest BCUT2D eigenvalue weighted by Gasteiger charge is 2.23. The van der Waals surface area contributed by atoms with Gasteiger partial charge in [0.1, 0.15) is 0 Å². The molecule has 0 radical (unpaired) electrons. The Kier molecular flexibility index (Phi) is 6.22. The van der Waals surface area contributed by atoms with Gasteiger partial charge in [-0.2, -0.15) is 0 Å². The molecule has 0 atom stereocenters. The lowest BCUT2D eigenvalue weighted by Gasteiger charge is -2.32. The fraction of sp³-hybridized carbons (Fsp3) is 0.917. The molecule has 0 aromatic heterocycles. The largest absolute Gasteiger partial charge is 0.342 e. The SMILES string of the molecule is CCN(CC)C(=O)CN1CCC(NS(C)(=O)=O)CC1. The summed E-state index contributed by atoms with van der Waals surface area (Å²) in [4.78, 5) is 15.9. The lowest BCUT2D eigenvalue weighted by molar-refractivity contribution is -0.132. The van der Waals surface area contributed by atoms with Crippen molar-refractivity contribution in [3.63, 3.8) is 0 Å². The van der Waals surface area contributed by atoms with Crippen LogP contribution in [0, 0.1) is 0 Å². The highest BCUT2D eigenvalue weighted by Crippen LogP contribution is 2.11. The number of hydrogen-bond acceptors (Lipinski definition) is 4. The molecule has 1 aliphatic heterocycles. The number of carbonyl (C=O) groups is 1. The summed E-state index contributed by atoms with van der Waals surface area (Å²) in [5, 5.41) is 0. The highest BCUT2D eigenvalue weighted by atomic mass is 32.2. The molecule has 1 N–H and O–H groups in total. The number of sulfonamides is 1. The molecule has 0 aliphatic carbocycles. The zero-order valence-electron chi connectivity index (χ0n) is 12.1. The van der Waals surface area contributed by atoms with E-state index < -0.39 is 10.0 Å². The highest BCUT2D eigenvalue weighted by molar-refractivity contribution is 7.88. The van der Waals surface area contributed by atoms with E-state index in [9.17, 15) is 13.2 Å². The maximum atomic E-state index is 12.0. The maximum absolute atomic E-state index is 12.0. The van der Waals surface area contributed by atoms with Crippen LogP contribution < -0.4 is 4.72 Å². The van der Waals surface area contributed by atoms with Crippen LogP contribution in [0.2, 0.25) is 0 Å². The van der Waals surface area contributed by atoms with Crippen LogP contribution in [0.4, 0.5) is 0 Å². The van der Waals surface area contributed by atoms with Crippen LogP contribution in [0.3, 0.4) is 0 Å². The van der Waals surface area contributed by atoms with E-state index >= 15 is 0 Å². The van der Waals surface area contributed by atoms with Crippen LogP contribution in [0.15, 0.2) is 0 Å². The molecule has 0 aromatic rings. The van der Waals surface area contributed by atoms with Crippen molar-refractivity contribution in [1.82, 2.24) is 14.5 Å². The van der Waals surface area contributed by atoms with Crippen LogP contribution in [0.5, 0.6) is 0 Å². The van der Waals surface area contributed by atoms with Gasteiger partial charge in [-0.15, -0.1) is 0 Å². The number of nitrogens with one attached hydrogen (secondary N) is 1. The first-order chi connectivity index (χ1) is 8.85. The van der Waals surface area contributed by atoms with Gasteiger partial charge in [-0.1, -0.05) is 0 Å². The zero-order chi connectivity index (χ0) is 14.5. The zero-order valence-corrected chi connectivity index (χ0v) is 12.9. The first-order valence-corrected chi connectivity index (χ1v) is 8.72. The van der Waals surface area contributed by atoms with Crippen molar-refractivity contribution in [2.45, 2.75) is 32.7 Å². The molecule has 0 spiro atoms. The summed E-state index contributed by atoms with van der Waals surface area (Å²) < 4.78 is 24.9. The molecule has 1 fully saturated rings. The molecule has 19 heavy (non-hydrogen) atoms. The van der Waals surface area contributed by atoms with E-state index in [2.05, 4.69) is 9.62 Å². The Morgan fingerprint density at radius 1 is 1.26 bits per heavy atom. The molecule has 1 aliphatic rings. The fourth-order valence-corrected chi connectivity index (χ4v) is 3.22. The molecule has 0 bridgehead atoms. The third kappa shape index (κ3) is 5.88. The summed E-state index contributed by atoms with van der Waals surface area (Å²) in [6.45, 7) is 7.39. The monoisotopic (exact) mass is 291 g/mol.